The summed E-state index contributed by atoms with van der Waals surface area (Å²) in [5.41, 5.74) is 2.08. The van der Waals surface area contributed by atoms with Crippen molar-refractivity contribution >= 4 is 0 Å². The van der Waals surface area contributed by atoms with Crippen molar-refractivity contribution < 1.29 is 0 Å². The fraction of sp³-hybridized carbons (Fsp3) is 0.529. The molecule has 0 spiro atoms. The van der Waals surface area contributed by atoms with E-state index in [4.69, 9.17) is 0 Å². The minimum Gasteiger partial charge on any atom is -0.314 e. The van der Waals surface area contributed by atoms with Crippen molar-refractivity contribution in [2.24, 2.45) is 0 Å². The quantitative estimate of drug-likeness (QED) is 0.828. The maximum atomic E-state index is 4.54. The second-order valence-electron chi connectivity index (χ2n) is 5.83. The van der Waals surface area contributed by atoms with Gasteiger partial charge in [0.25, 0.3) is 0 Å². The summed E-state index contributed by atoms with van der Waals surface area (Å²) < 4.78 is 0. The normalized spacial score (nSPS) is 16.2. The van der Waals surface area contributed by atoms with Crippen LogP contribution in [0.4, 0.5) is 0 Å². The molecule has 0 radical (unpaired) electrons. The van der Waals surface area contributed by atoms with Crippen molar-refractivity contribution in [3.63, 3.8) is 0 Å². The molecule has 0 amide bonds. The summed E-state index contributed by atoms with van der Waals surface area (Å²) in [6.45, 7) is 1.94. The predicted octanol–water partition coefficient (Wildman–Crippen LogP) is 3.26. The highest BCUT2D eigenvalue weighted by atomic mass is 15.5. The number of rotatable bonds is 6. The van der Waals surface area contributed by atoms with E-state index in [0.717, 1.165) is 36.8 Å². The van der Waals surface area contributed by atoms with Crippen LogP contribution in [0.1, 0.15) is 38.5 Å². The number of hydrogen-bond donors (Lipinski definition) is 1. The molecule has 112 valence electrons. The van der Waals surface area contributed by atoms with Gasteiger partial charge in [-0.05, 0) is 25.8 Å². The monoisotopic (exact) mass is 284 g/mol. The van der Waals surface area contributed by atoms with Gasteiger partial charge in [0.15, 0.2) is 0 Å². The molecule has 0 saturated heterocycles. The molecular weight excluding hydrogens is 260 g/mol. The summed E-state index contributed by atoms with van der Waals surface area (Å²) in [6, 6.07) is 11.0. The average Bonchev–Trinajstić information content (AvgIpc) is 3.02. The van der Waals surface area contributed by atoms with Gasteiger partial charge in [-0.1, -0.05) is 49.6 Å². The predicted molar refractivity (Wildman–Crippen MR) is 85.0 cm³/mol. The minimum atomic E-state index is 0.740. The highest BCUT2D eigenvalue weighted by molar-refractivity contribution is 5.56. The van der Waals surface area contributed by atoms with Crippen molar-refractivity contribution in [1.29, 1.82) is 0 Å². The number of nitrogens with one attached hydrogen (secondary N) is 1. The van der Waals surface area contributed by atoms with Crippen LogP contribution < -0.4 is 5.32 Å². The zero-order valence-corrected chi connectivity index (χ0v) is 12.5. The molecule has 0 aliphatic heterocycles. The number of aromatic nitrogens is 3. The number of benzene rings is 1. The van der Waals surface area contributed by atoms with Crippen LogP contribution in [-0.2, 0) is 6.54 Å². The lowest BCUT2D eigenvalue weighted by molar-refractivity contribution is 0.364. The van der Waals surface area contributed by atoms with Gasteiger partial charge < -0.3 is 5.32 Å². The van der Waals surface area contributed by atoms with Gasteiger partial charge in [-0.2, -0.15) is 15.0 Å². The molecule has 0 atom stereocenters. The maximum Gasteiger partial charge on any atom is 0.113 e. The molecule has 1 aliphatic carbocycles. The van der Waals surface area contributed by atoms with Crippen molar-refractivity contribution in [2.45, 2.75) is 51.1 Å². The van der Waals surface area contributed by atoms with Crippen molar-refractivity contribution in [2.75, 3.05) is 6.54 Å². The Labute approximate surface area is 126 Å². The number of aryl methyl sites for hydroxylation is 1. The molecule has 1 aromatic carbocycles. The molecule has 1 saturated carbocycles. The molecule has 0 bridgehead atoms. The van der Waals surface area contributed by atoms with Crippen LogP contribution in [0.15, 0.2) is 36.5 Å². The summed E-state index contributed by atoms with van der Waals surface area (Å²) in [7, 11) is 0. The molecule has 1 N–H and O–H groups in total. The fourth-order valence-electron chi connectivity index (χ4n) is 2.98. The van der Waals surface area contributed by atoms with Gasteiger partial charge in [-0.15, -0.1) is 0 Å². The van der Waals surface area contributed by atoms with Gasteiger partial charge in [0.1, 0.15) is 5.69 Å². The van der Waals surface area contributed by atoms with Gasteiger partial charge in [0, 0.05) is 11.6 Å². The lowest BCUT2D eigenvalue weighted by Crippen LogP contribution is -2.32. The second kappa shape index (κ2) is 7.36. The minimum absolute atomic E-state index is 0.740. The summed E-state index contributed by atoms with van der Waals surface area (Å²) in [6.07, 6.45) is 9.81. The molecule has 1 aliphatic rings. The first-order chi connectivity index (χ1) is 10.4. The van der Waals surface area contributed by atoms with Gasteiger partial charge in [-0.25, -0.2) is 0 Å². The van der Waals surface area contributed by atoms with E-state index < -0.39 is 0 Å². The Morgan fingerprint density at radius 3 is 2.71 bits per heavy atom. The molecule has 0 unspecified atom stereocenters. The SMILES string of the molecule is c1ccc(-c2cnn(CCCNC3CCCCC3)n2)cc1. The Bertz CT molecular complexity index is 529. The van der Waals surface area contributed by atoms with E-state index >= 15 is 0 Å². The van der Waals surface area contributed by atoms with E-state index in [9.17, 15) is 0 Å². The fourth-order valence-corrected chi connectivity index (χ4v) is 2.98. The van der Waals surface area contributed by atoms with Crippen LogP contribution in [0, 0.1) is 0 Å². The summed E-state index contributed by atoms with van der Waals surface area (Å²) in [5.74, 6) is 0. The largest absolute Gasteiger partial charge is 0.314 e. The van der Waals surface area contributed by atoms with Crippen LogP contribution in [0.2, 0.25) is 0 Å². The van der Waals surface area contributed by atoms with E-state index in [1.165, 1.54) is 32.1 Å². The summed E-state index contributed by atoms with van der Waals surface area (Å²) >= 11 is 0. The first-order valence-electron chi connectivity index (χ1n) is 8.11. The number of nitrogens with zero attached hydrogens (tertiary/aromatic N) is 3. The van der Waals surface area contributed by atoms with Crippen LogP contribution in [-0.4, -0.2) is 27.6 Å². The van der Waals surface area contributed by atoms with Gasteiger partial charge in [0.05, 0.1) is 12.7 Å². The van der Waals surface area contributed by atoms with Crippen LogP contribution >= 0.6 is 0 Å². The second-order valence-corrected chi connectivity index (χ2v) is 5.83. The Hall–Kier alpha value is -1.68. The molecule has 3 rings (SSSR count). The summed E-state index contributed by atoms with van der Waals surface area (Å²) in [4.78, 5) is 1.81. The van der Waals surface area contributed by atoms with Crippen LogP contribution in [0.5, 0.6) is 0 Å². The van der Waals surface area contributed by atoms with Gasteiger partial charge >= 0.3 is 0 Å². The van der Waals surface area contributed by atoms with Crippen LogP contribution in [0.25, 0.3) is 11.3 Å². The third-order valence-electron chi connectivity index (χ3n) is 4.18. The van der Waals surface area contributed by atoms with E-state index in [-0.39, 0.29) is 0 Å². The standard InChI is InChI=1S/C17H24N4/c1-3-8-15(9-4-1)17-14-19-21(20-17)13-7-12-18-16-10-5-2-6-11-16/h1,3-4,8-9,14,16,18H,2,5-7,10-13H2. The average molecular weight is 284 g/mol. The third kappa shape index (κ3) is 4.14. The van der Waals surface area contributed by atoms with E-state index in [1.807, 2.05) is 29.2 Å². The Morgan fingerprint density at radius 2 is 1.90 bits per heavy atom. The van der Waals surface area contributed by atoms with E-state index in [2.05, 4.69) is 27.6 Å². The topological polar surface area (TPSA) is 42.7 Å². The molecule has 1 aromatic heterocycles. The zero-order valence-electron chi connectivity index (χ0n) is 12.5. The first kappa shape index (κ1) is 14.3. The Morgan fingerprint density at radius 1 is 1.10 bits per heavy atom. The van der Waals surface area contributed by atoms with Crippen molar-refractivity contribution in [1.82, 2.24) is 20.3 Å². The zero-order chi connectivity index (χ0) is 14.3. The van der Waals surface area contributed by atoms with E-state index in [1.54, 1.807) is 0 Å². The molecular formula is C17H24N4. The molecule has 1 fully saturated rings. The molecule has 2 aromatic rings. The first-order valence-corrected chi connectivity index (χ1v) is 8.11. The highest BCUT2D eigenvalue weighted by Gasteiger charge is 2.11. The van der Waals surface area contributed by atoms with E-state index in [0.29, 0.717) is 0 Å². The van der Waals surface area contributed by atoms with Crippen molar-refractivity contribution in [3.8, 4) is 11.3 Å². The number of hydrogen-bond acceptors (Lipinski definition) is 3. The summed E-state index contributed by atoms with van der Waals surface area (Å²) in [5, 5.41) is 12.6. The third-order valence-corrected chi connectivity index (χ3v) is 4.18. The molecule has 21 heavy (non-hydrogen) atoms. The smallest absolute Gasteiger partial charge is 0.113 e. The highest BCUT2D eigenvalue weighted by Crippen LogP contribution is 2.17. The molecule has 4 heteroatoms. The van der Waals surface area contributed by atoms with Gasteiger partial charge in [-0.3, -0.25) is 0 Å². The van der Waals surface area contributed by atoms with Crippen molar-refractivity contribution in [3.05, 3.63) is 36.5 Å². The Balaban J connectivity index is 1.42. The maximum absolute atomic E-state index is 4.54. The lowest BCUT2D eigenvalue weighted by Gasteiger charge is -2.22. The lowest BCUT2D eigenvalue weighted by atomic mass is 9.95. The van der Waals surface area contributed by atoms with Crippen LogP contribution in [0.3, 0.4) is 0 Å². The Kier molecular flexibility index (Phi) is 5.00. The molecule has 1 heterocycles. The van der Waals surface area contributed by atoms with Gasteiger partial charge in [0.2, 0.25) is 0 Å². The molecule has 4 nitrogen and oxygen atoms in total.